The van der Waals surface area contributed by atoms with Crippen LogP contribution in [0.15, 0.2) is 67.0 Å². The third-order valence-electron chi connectivity index (χ3n) is 4.86. The molecule has 31 heavy (non-hydrogen) atoms. The van der Waals surface area contributed by atoms with Gasteiger partial charge in [0, 0.05) is 25.4 Å². The lowest BCUT2D eigenvalue weighted by Crippen LogP contribution is -2.20. The number of nitrogens with two attached hydrogens (primary N) is 1. The Balaban J connectivity index is 0.00000166. The molecule has 7 heteroatoms. The summed E-state index contributed by atoms with van der Waals surface area (Å²) < 4.78 is 0. The number of benzene rings is 1. The summed E-state index contributed by atoms with van der Waals surface area (Å²) in [5.41, 5.74) is 3.52. The summed E-state index contributed by atoms with van der Waals surface area (Å²) in [6, 6.07) is 18.5. The van der Waals surface area contributed by atoms with Gasteiger partial charge in [0.15, 0.2) is 0 Å². The first-order valence-corrected chi connectivity index (χ1v) is 10.3. The van der Waals surface area contributed by atoms with Gasteiger partial charge in [0.25, 0.3) is 0 Å². The Morgan fingerprint density at radius 1 is 0.871 bits per heavy atom. The van der Waals surface area contributed by atoms with Crippen molar-refractivity contribution in [3.05, 3.63) is 72.6 Å². The minimum Gasteiger partial charge on any atom is -0.481 e. The van der Waals surface area contributed by atoms with Gasteiger partial charge in [0.05, 0.1) is 0 Å². The highest BCUT2D eigenvalue weighted by Crippen LogP contribution is 2.27. The Morgan fingerprint density at radius 2 is 1.58 bits per heavy atom. The van der Waals surface area contributed by atoms with Gasteiger partial charge in [0.1, 0.15) is 11.6 Å². The Morgan fingerprint density at radius 3 is 2.26 bits per heavy atom. The molecular weight excluding hydrogens is 392 g/mol. The molecule has 0 bridgehead atoms. The zero-order valence-corrected chi connectivity index (χ0v) is 17.8. The second-order valence-corrected chi connectivity index (χ2v) is 7.17. The van der Waals surface area contributed by atoms with Crippen LogP contribution in [-0.4, -0.2) is 32.8 Å². The van der Waals surface area contributed by atoms with Crippen LogP contribution in [0.5, 0.6) is 0 Å². The molecule has 3 rings (SSSR count). The maximum absolute atomic E-state index is 10.7. The van der Waals surface area contributed by atoms with Gasteiger partial charge >= 0.3 is 5.97 Å². The SMILES string of the molecule is Cc1ccc(-c2ccnc(N(CCCCCCC(=O)O)c3ccccn3)c2)cc1.NO. The van der Waals surface area contributed by atoms with Crippen LogP contribution in [0.2, 0.25) is 0 Å². The van der Waals surface area contributed by atoms with Gasteiger partial charge in [-0.3, -0.25) is 4.79 Å². The molecule has 164 valence electrons. The second kappa shape index (κ2) is 13.1. The van der Waals surface area contributed by atoms with Crippen molar-refractivity contribution in [2.45, 2.75) is 39.0 Å². The number of hydrogen-bond donors (Lipinski definition) is 3. The van der Waals surface area contributed by atoms with Crippen molar-refractivity contribution in [2.24, 2.45) is 5.90 Å². The number of unbranched alkanes of at least 4 members (excludes halogenated alkanes) is 3. The molecule has 0 aliphatic rings. The summed E-state index contributed by atoms with van der Waals surface area (Å²) in [5.74, 6) is 4.51. The van der Waals surface area contributed by atoms with Gasteiger partial charge in [0.2, 0.25) is 0 Å². The molecule has 7 nitrogen and oxygen atoms in total. The fourth-order valence-electron chi connectivity index (χ4n) is 3.25. The minimum absolute atomic E-state index is 0.240. The molecule has 0 fully saturated rings. The second-order valence-electron chi connectivity index (χ2n) is 7.17. The monoisotopic (exact) mass is 422 g/mol. The zero-order chi connectivity index (χ0) is 22.5. The van der Waals surface area contributed by atoms with E-state index in [0.717, 1.165) is 55.0 Å². The summed E-state index contributed by atoms with van der Waals surface area (Å²) in [4.78, 5) is 21.9. The van der Waals surface area contributed by atoms with Crippen LogP contribution in [0, 0.1) is 6.92 Å². The van der Waals surface area contributed by atoms with E-state index in [0.29, 0.717) is 0 Å². The molecule has 0 amide bonds. The Kier molecular flexibility index (Phi) is 10.1. The number of rotatable bonds is 10. The normalized spacial score (nSPS) is 10.2. The van der Waals surface area contributed by atoms with Gasteiger partial charge in [-0.05, 0) is 55.2 Å². The van der Waals surface area contributed by atoms with E-state index in [9.17, 15) is 4.79 Å². The highest BCUT2D eigenvalue weighted by Gasteiger charge is 2.12. The van der Waals surface area contributed by atoms with Gasteiger partial charge in [-0.1, -0.05) is 48.7 Å². The molecule has 0 unspecified atom stereocenters. The number of aliphatic carboxylic acids is 1. The highest BCUT2D eigenvalue weighted by molar-refractivity contribution is 5.69. The number of anilines is 2. The lowest BCUT2D eigenvalue weighted by atomic mass is 10.1. The van der Waals surface area contributed by atoms with E-state index < -0.39 is 5.97 Å². The van der Waals surface area contributed by atoms with Crippen LogP contribution in [0.4, 0.5) is 11.6 Å². The highest BCUT2D eigenvalue weighted by atomic mass is 16.4. The topological polar surface area (TPSA) is 113 Å². The van der Waals surface area contributed by atoms with Crippen molar-refractivity contribution < 1.29 is 15.1 Å². The zero-order valence-electron chi connectivity index (χ0n) is 17.8. The van der Waals surface area contributed by atoms with Crippen LogP contribution < -0.4 is 10.8 Å². The lowest BCUT2D eigenvalue weighted by Gasteiger charge is -2.23. The predicted molar refractivity (Wildman–Crippen MR) is 122 cm³/mol. The summed E-state index contributed by atoms with van der Waals surface area (Å²) >= 11 is 0. The van der Waals surface area contributed by atoms with E-state index in [1.165, 1.54) is 5.56 Å². The first-order valence-electron chi connectivity index (χ1n) is 10.3. The first-order chi connectivity index (χ1) is 15.1. The van der Waals surface area contributed by atoms with E-state index >= 15 is 0 Å². The summed E-state index contributed by atoms with van der Waals surface area (Å²) in [6.45, 7) is 2.87. The number of hydrogen-bond acceptors (Lipinski definition) is 6. The maximum atomic E-state index is 10.7. The molecule has 0 atom stereocenters. The predicted octanol–water partition coefficient (Wildman–Crippen LogP) is 4.96. The molecule has 0 spiro atoms. The van der Waals surface area contributed by atoms with E-state index in [4.69, 9.17) is 10.3 Å². The molecule has 0 radical (unpaired) electrons. The largest absolute Gasteiger partial charge is 0.481 e. The van der Waals surface area contributed by atoms with Gasteiger partial charge in [-0.25, -0.2) is 15.9 Å². The number of carbonyl (C=O) groups is 1. The van der Waals surface area contributed by atoms with Crippen LogP contribution in [0.3, 0.4) is 0 Å². The smallest absolute Gasteiger partial charge is 0.303 e. The molecule has 3 aromatic rings. The van der Waals surface area contributed by atoms with Crippen molar-refractivity contribution in [3.63, 3.8) is 0 Å². The number of aryl methyl sites for hydroxylation is 1. The molecule has 4 N–H and O–H groups in total. The minimum atomic E-state index is -0.725. The van der Waals surface area contributed by atoms with Crippen molar-refractivity contribution in [1.29, 1.82) is 0 Å². The first kappa shape index (κ1) is 24.0. The summed E-state index contributed by atoms with van der Waals surface area (Å²) in [6.07, 6.45) is 7.44. The molecule has 0 aliphatic carbocycles. The van der Waals surface area contributed by atoms with Gasteiger partial charge < -0.3 is 15.2 Å². The molecule has 0 saturated heterocycles. The lowest BCUT2D eigenvalue weighted by molar-refractivity contribution is -0.137. The molecule has 1 aromatic carbocycles. The van der Waals surface area contributed by atoms with E-state index in [1.807, 2.05) is 30.5 Å². The quantitative estimate of drug-likeness (QED) is 0.313. The van der Waals surface area contributed by atoms with Crippen molar-refractivity contribution in [1.82, 2.24) is 9.97 Å². The average Bonchev–Trinajstić information content (AvgIpc) is 2.81. The molecule has 0 saturated carbocycles. The third kappa shape index (κ3) is 7.81. The van der Waals surface area contributed by atoms with Gasteiger partial charge in [-0.15, -0.1) is 0 Å². The van der Waals surface area contributed by atoms with E-state index in [1.54, 1.807) is 6.20 Å². The summed E-state index contributed by atoms with van der Waals surface area (Å²) in [5, 5.41) is 15.3. The fraction of sp³-hybridized carbons (Fsp3) is 0.292. The van der Waals surface area contributed by atoms with Crippen molar-refractivity contribution in [3.8, 4) is 11.1 Å². The number of pyridine rings is 2. The Labute approximate surface area is 183 Å². The van der Waals surface area contributed by atoms with Crippen LogP contribution in [0.25, 0.3) is 11.1 Å². The van der Waals surface area contributed by atoms with Crippen LogP contribution >= 0.6 is 0 Å². The number of nitrogens with zero attached hydrogens (tertiary/aromatic N) is 3. The average molecular weight is 423 g/mol. The van der Waals surface area contributed by atoms with Crippen LogP contribution in [-0.2, 0) is 4.79 Å². The standard InChI is InChI=1S/C24H27N3O2.H3NO/c1-19-10-12-20(13-11-19)21-14-16-26-23(18-21)27(22-8-5-6-15-25-22)17-7-3-2-4-9-24(28)29;1-2/h5-6,8,10-16,18H,2-4,7,9,17H2,1H3,(H,28,29);2H,1H2. The molecule has 2 aromatic heterocycles. The molecule has 2 heterocycles. The third-order valence-corrected chi connectivity index (χ3v) is 4.86. The Hall–Kier alpha value is -3.29. The van der Waals surface area contributed by atoms with Crippen molar-refractivity contribution >= 4 is 17.6 Å². The summed E-state index contributed by atoms with van der Waals surface area (Å²) in [7, 11) is 0. The van der Waals surface area contributed by atoms with Crippen molar-refractivity contribution in [2.75, 3.05) is 11.4 Å². The van der Waals surface area contributed by atoms with Crippen LogP contribution in [0.1, 0.15) is 37.7 Å². The number of aromatic nitrogens is 2. The maximum Gasteiger partial charge on any atom is 0.303 e. The molecular formula is C24H30N4O3. The van der Waals surface area contributed by atoms with Gasteiger partial charge in [-0.2, -0.15) is 0 Å². The van der Waals surface area contributed by atoms with E-state index in [2.05, 4.69) is 58.0 Å². The fourth-order valence-corrected chi connectivity index (χ4v) is 3.25. The number of carboxylic acids is 1. The number of carboxylic acid groups (broad SMARTS) is 1. The van der Waals surface area contributed by atoms with E-state index in [-0.39, 0.29) is 6.42 Å². The Bertz CT molecular complexity index is 918. The molecule has 0 aliphatic heterocycles.